The maximum absolute atomic E-state index is 5.59. The Bertz CT molecular complexity index is 603. The molecule has 0 bridgehead atoms. The third-order valence-electron chi connectivity index (χ3n) is 6.00. The molecule has 0 amide bonds. The van der Waals surface area contributed by atoms with Gasteiger partial charge in [-0.05, 0) is 19.8 Å². The van der Waals surface area contributed by atoms with E-state index in [1.165, 1.54) is 32.1 Å². The van der Waals surface area contributed by atoms with Gasteiger partial charge in [0, 0.05) is 44.7 Å². The Morgan fingerprint density at radius 3 is 2.68 bits per heavy atom. The van der Waals surface area contributed by atoms with Crippen molar-refractivity contribution < 1.29 is 4.74 Å². The molecule has 8 heteroatoms. The third kappa shape index (κ3) is 5.44. The van der Waals surface area contributed by atoms with Crippen molar-refractivity contribution in [1.82, 2.24) is 30.3 Å². The Morgan fingerprint density at radius 1 is 1.18 bits per heavy atom. The molecule has 2 aliphatic rings. The Hall–Kier alpha value is -1.67. The normalized spacial score (nSPS) is 20.9. The van der Waals surface area contributed by atoms with Crippen molar-refractivity contribution in [2.45, 2.75) is 64.5 Å². The van der Waals surface area contributed by atoms with Gasteiger partial charge in [-0.25, -0.2) is 0 Å². The first-order chi connectivity index (χ1) is 13.8. The van der Waals surface area contributed by atoms with Gasteiger partial charge in [0.05, 0.1) is 19.8 Å². The van der Waals surface area contributed by atoms with Crippen LogP contribution in [0.25, 0.3) is 0 Å². The number of rotatable bonds is 8. The molecule has 0 unspecified atom stereocenters. The molecule has 2 fully saturated rings. The molecule has 1 aliphatic heterocycles. The first-order valence-electron chi connectivity index (χ1n) is 11.0. The monoisotopic (exact) mass is 391 g/mol. The maximum atomic E-state index is 5.59. The number of nitrogens with zero attached hydrogens (tertiary/aromatic N) is 5. The van der Waals surface area contributed by atoms with E-state index in [-0.39, 0.29) is 5.54 Å². The molecule has 1 saturated heterocycles. The summed E-state index contributed by atoms with van der Waals surface area (Å²) in [4.78, 5) is 7.66. The fourth-order valence-electron chi connectivity index (χ4n) is 4.42. The van der Waals surface area contributed by atoms with Crippen LogP contribution in [-0.4, -0.2) is 77.1 Å². The average molecular weight is 392 g/mol. The van der Waals surface area contributed by atoms with Crippen LogP contribution < -0.4 is 10.6 Å². The summed E-state index contributed by atoms with van der Waals surface area (Å²) in [5.74, 6) is 1.93. The molecule has 158 valence electrons. The van der Waals surface area contributed by atoms with Crippen molar-refractivity contribution in [3.63, 3.8) is 0 Å². The van der Waals surface area contributed by atoms with Crippen molar-refractivity contribution >= 4 is 5.96 Å². The zero-order valence-corrected chi connectivity index (χ0v) is 17.6. The summed E-state index contributed by atoms with van der Waals surface area (Å²) >= 11 is 0. The Balaban J connectivity index is 1.60. The van der Waals surface area contributed by atoms with Crippen LogP contribution in [0.3, 0.4) is 0 Å². The summed E-state index contributed by atoms with van der Waals surface area (Å²) in [5, 5.41) is 15.1. The minimum absolute atomic E-state index is 0.202. The van der Waals surface area contributed by atoms with Crippen LogP contribution in [-0.2, 0) is 17.7 Å². The lowest BCUT2D eigenvalue weighted by Gasteiger charge is -2.47. The lowest BCUT2D eigenvalue weighted by atomic mass is 9.80. The number of hydrogen-bond donors (Lipinski definition) is 2. The van der Waals surface area contributed by atoms with Gasteiger partial charge in [-0.15, -0.1) is 10.2 Å². The Kier molecular flexibility index (Phi) is 8.09. The molecule has 8 nitrogen and oxygen atoms in total. The van der Waals surface area contributed by atoms with E-state index in [0.29, 0.717) is 0 Å². The zero-order valence-electron chi connectivity index (χ0n) is 17.6. The quantitative estimate of drug-likeness (QED) is 0.516. The molecule has 1 aromatic rings. The van der Waals surface area contributed by atoms with Crippen molar-refractivity contribution in [1.29, 1.82) is 0 Å². The van der Waals surface area contributed by atoms with Gasteiger partial charge in [0.1, 0.15) is 12.2 Å². The molecule has 0 aromatic carbocycles. The van der Waals surface area contributed by atoms with Crippen LogP contribution in [0.1, 0.15) is 51.8 Å². The minimum atomic E-state index is 0.202. The van der Waals surface area contributed by atoms with Gasteiger partial charge in [0.25, 0.3) is 0 Å². The highest BCUT2D eigenvalue weighted by atomic mass is 16.5. The predicted octanol–water partition coefficient (Wildman–Crippen LogP) is 1.43. The van der Waals surface area contributed by atoms with Crippen LogP contribution in [0.2, 0.25) is 0 Å². The standard InChI is InChI=1S/C20H37N7O/c1-3-18-25-24-17-26(18)11-10-22-19(21-4-2)23-16-20(8-6-5-7-9-20)27-12-14-28-15-13-27/h17H,3-16H2,1-2H3,(H2,21,22,23). The molecule has 28 heavy (non-hydrogen) atoms. The second-order valence-corrected chi connectivity index (χ2v) is 7.80. The molecule has 1 saturated carbocycles. The Labute approximate surface area is 169 Å². The van der Waals surface area contributed by atoms with Gasteiger partial charge >= 0.3 is 0 Å². The summed E-state index contributed by atoms with van der Waals surface area (Å²) in [6, 6.07) is 0. The fraction of sp³-hybridized carbons (Fsp3) is 0.850. The van der Waals surface area contributed by atoms with Gasteiger partial charge in [-0.2, -0.15) is 0 Å². The highest BCUT2D eigenvalue weighted by Crippen LogP contribution is 2.34. The van der Waals surface area contributed by atoms with Crippen molar-refractivity contribution in [2.24, 2.45) is 4.99 Å². The minimum Gasteiger partial charge on any atom is -0.379 e. The molecule has 3 rings (SSSR count). The predicted molar refractivity (Wildman–Crippen MR) is 112 cm³/mol. The molecule has 1 aromatic heterocycles. The fourth-order valence-corrected chi connectivity index (χ4v) is 4.42. The number of guanidine groups is 1. The number of morpholine rings is 1. The highest BCUT2D eigenvalue weighted by molar-refractivity contribution is 5.79. The largest absolute Gasteiger partial charge is 0.379 e. The van der Waals surface area contributed by atoms with E-state index in [1.807, 2.05) is 0 Å². The van der Waals surface area contributed by atoms with Crippen LogP contribution in [0.15, 0.2) is 11.3 Å². The second kappa shape index (κ2) is 10.8. The molecule has 0 atom stereocenters. The molecule has 0 spiro atoms. The molecule has 2 heterocycles. The van der Waals surface area contributed by atoms with E-state index >= 15 is 0 Å². The zero-order chi connectivity index (χ0) is 19.7. The smallest absolute Gasteiger partial charge is 0.191 e. The van der Waals surface area contributed by atoms with Gasteiger partial charge < -0.3 is 19.9 Å². The van der Waals surface area contributed by atoms with Crippen LogP contribution in [0, 0.1) is 0 Å². The summed E-state index contributed by atoms with van der Waals surface area (Å²) < 4.78 is 7.70. The van der Waals surface area contributed by atoms with Gasteiger partial charge in [-0.3, -0.25) is 9.89 Å². The Morgan fingerprint density at radius 2 is 1.96 bits per heavy atom. The van der Waals surface area contributed by atoms with Crippen LogP contribution >= 0.6 is 0 Å². The van der Waals surface area contributed by atoms with E-state index in [4.69, 9.17) is 9.73 Å². The van der Waals surface area contributed by atoms with Crippen LogP contribution in [0.4, 0.5) is 0 Å². The molecule has 0 radical (unpaired) electrons. The number of aromatic nitrogens is 3. The highest BCUT2D eigenvalue weighted by Gasteiger charge is 2.38. The van der Waals surface area contributed by atoms with E-state index in [0.717, 1.165) is 70.7 Å². The summed E-state index contributed by atoms with van der Waals surface area (Å²) in [6.45, 7) is 11.4. The molecular weight excluding hydrogens is 354 g/mol. The summed E-state index contributed by atoms with van der Waals surface area (Å²) in [5.41, 5.74) is 0.202. The summed E-state index contributed by atoms with van der Waals surface area (Å²) in [7, 11) is 0. The second-order valence-electron chi connectivity index (χ2n) is 7.80. The number of ether oxygens (including phenoxy) is 1. The first-order valence-corrected chi connectivity index (χ1v) is 11.0. The number of nitrogens with one attached hydrogen (secondary N) is 2. The molecule has 1 aliphatic carbocycles. The van der Waals surface area contributed by atoms with E-state index < -0.39 is 0 Å². The topological polar surface area (TPSA) is 79.6 Å². The first kappa shape index (κ1) is 21.0. The summed E-state index contributed by atoms with van der Waals surface area (Å²) in [6.07, 6.45) is 9.17. The van der Waals surface area contributed by atoms with Gasteiger partial charge in [-0.1, -0.05) is 26.2 Å². The van der Waals surface area contributed by atoms with Crippen molar-refractivity contribution in [3.8, 4) is 0 Å². The van der Waals surface area contributed by atoms with E-state index in [1.54, 1.807) is 6.33 Å². The SMILES string of the molecule is CCNC(=NCC1(N2CCOCC2)CCCCC1)NCCn1cnnc1CC. The van der Waals surface area contributed by atoms with E-state index in [2.05, 4.69) is 44.1 Å². The number of hydrogen-bond acceptors (Lipinski definition) is 5. The van der Waals surface area contributed by atoms with Gasteiger partial charge in [0.15, 0.2) is 5.96 Å². The van der Waals surface area contributed by atoms with Gasteiger partial charge in [0.2, 0.25) is 0 Å². The van der Waals surface area contributed by atoms with Crippen molar-refractivity contribution in [3.05, 3.63) is 12.2 Å². The van der Waals surface area contributed by atoms with Crippen LogP contribution in [0.5, 0.6) is 0 Å². The molecule has 2 N–H and O–H groups in total. The van der Waals surface area contributed by atoms with Crippen molar-refractivity contribution in [2.75, 3.05) is 45.9 Å². The maximum Gasteiger partial charge on any atom is 0.191 e. The molecular formula is C20H37N7O. The average Bonchev–Trinajstić information content (AvgIpc) is 3.21. The number of aryl methyl sites for hydroxylation is 1. The van der Waals surface area contributed by atoms with E-state index in [9.17, 15) is 0 Å². The number of aliphatic imine (C=N–C) groups is 1. The lowest BCUT2D eigenvalue weighted by Crippen LogP contribution is -2.56. The third-order valence-corrected chi connectivity index (χ3v) is 6.00. The lowest BCUT2D eigenvalue weighted by molar-refractivity contribution is -0.0333.